The van der Waals surface area contributed by atoms with E-state index >= 15 is 0 Å². The van der Waals surface area contributed by atoms with E-state index in [1.807, 2.05) is 0 Å². The average molecular weight is 260 g/mol. The zero-order valence-electron chi connectivity index (χ0n) is 11.2. The van der Waals surface area contributed by atoms with Gasteiger partial charge in [-0.1, -0.05) is 0 Å². The molecule has 0 saturated carbocycles. The summed E-state index contributed by atoms with van der Waals surface area (Å²) in [5.41, 5.74) is 0. The molecule has 0 bridgehead atoms. The minimum absolute atomic E-state index is 0.166. The predicted octanol–water partition coefficient (Wildman–Crippen LogP) is 1.02. The second-order valence-electron chi connectivity index (χ2n) is 4.70. The lowest BCUT2D eigenvalue weighted by molar-refractivity contribution is -0.304. The van der Waals surface area contributed by atoms with E-state index in [0.29, 0.717) is 6.42 Å². The molecule has 0 spiro atoms. The lowest BCUT2D eigenvalue weighted by Crippen LogP contribution is -2.47. The minimum atomic E-state index is -0.804. The molecule has 1 rings (SSSR count). The quantitative estimate of drug-likeness (QED) is 0.703. The van der Waals surface area contributed by atoms with Crippen LogP contribution in [0.2, 0.25) is 0 Å². The Labute approximate surface area is 107 Å². The van der Waals surface area contributed by atoms with Crippen LogP contribution in [0.25, 0.3) is 0 Å². The Kier molecular flexibility index (Phi) is 5.10. The molecule has 1 aliphatic rings. The van der Waals surface area contributed by atoms with Crippen molar-refractivity contribution in [2.75, 3.05) is 13.7 Å². The average Bonchev–Trinajstić information content (AvgIpc) is 2.24. The van der Waals surface area contributed by atoms with E-state index in [9.17, 15) is 9.59 Å². The highest BCUT2D eigenvalue weighted by Gasteiger charge is 2.36. The van der Waals surface area contributed by atoms with Gasteiger partial charge >= 0.3 is 11.9 Å². The lowest BCUT2D eigenvalue weighted by Gasteiger charge is -2.40. The first-order valence-corrected chi connectivity index (χ1v) is 5.88. The molecule has 1 heterocycles. The molecule has 6 nitrogen and oxygen atoms in total. The van der Waals surface area contributed by atoms with Gasteiger partial charge in [0.15, 0.2) is 5.79 Å². The summed E-state index contributed by atoms with van der Waals surface area (Å²) in [5, 5.41) is 0. The second kappa shape index (κ2) is 6.15. The standard InChI is InChI=1S/C12H20O6/c1-8(13)16-7-10-5-9(6-11(14)15-4)17-12(2,3)18-10/h9-10H,5-7H2,1-4H3/t9-,10+/m1/s1. The minimum Gasteiger partial charge on any atom is -0.469 e. The van der Waals surface area contributed by atoms with Gasteiger partial charge in [0.25, 0.3) is 0 Å². The highest BCUT2D eigenvalue weighted by atomic mass is 16.7. The van der Waals surface area contributed by atoms with Crippen LogP contribution in [0.4, 0.5) is 0 Å². The Bertz CT molecular complexity index is 312. The van der Waals surface area contributed by atoms with Crippen molar-refractivity contribution in [1.29, 1.82) is 0 Å². The van der Waals surface area contributed by atoms with E-state index in [0.717, 1.165) is 0 Å². The van der Waals surface area contributed by atoms with E-state index < -0.39 is 5.79 Å². The second-order valence-corrected chi connectivity index (χ2v) is 4.70. The van der Waals surface area contributed by atoms with Gasteiger partial charge in [0.05, 0.1) is 25.7 Å². The van der Waals surface area contributed by atoms with Crippen molar-refractivity contribution < 1.29 is 28.5 Å². The van der Waals surface area contributed by atoms with Crippen molar-refractivity contribution in [2.24, 2.45) is 0 Å². The van der Waals surface area contributed by atoms with Crippen LogP contribution in [0.3, 0.4) is 0 Å². The van der Waals surface area contributed by atoms with Gasteiger partial charge in [-0.2, -0.15) is 0 Å². The predicted molar refractivity (Wildman–Crippen MR) is 61.7 cm³/mol. The van der Waals surface area contributed by atoms with Crippen LogP contribution in [-0.2, 0) is 28.5 Å². The maximum Gasteiger partial charge on any atom is 0.308 e. The summed E-state index contributed by atoms with van der Waals surface area (Å²) in [5.74, 6) is -1.49. The summed E-state index contributed by atoms with van der Waals surface area (Å²) >= 11 is 0. The fourth-order valence-electron chi connectivity index (χ4n) is 1.93. The van der Waals surface area contributed by atoms with Crippen LogP contribution in [0, 0.1) is 0 Å². The number of esters is 2. The first kappa shape index (κ1) is 14.9. The summed E-state index contributed by atoms with van der Waals surface area (Å²) in [4.78, 5) is 22.0. The van der Waals surface area contributed by atoms with E-state index in [2.05, 4.69) is 4.74 Å². The molecule has 0 aromatic rings. The van der Waals surface area contributed by atoms with Crippen molar-refractivity contribution in [3.05, 3.63) is 0 Å². The first-order chi connectivity index (χ1) is 8.32. The van der Waals surface area contributed by atoms with Gasteiger partial charge in [-0.3, -0.25) is 9.59 Å². The third-order valence-electron chi connectivity index (χ3n) is 2.52. The van der Waals surface area contributed by atoms with Gasteiger partial charge < -0.3 is 18.9 Å². The maximum atomic E-state index is 11.2. The third kappa shape index (κ3) is 5.01. The molecule has 1 aliphatic heterocycles. The molecule has 18 heavy (non-hydrogen) atoms. The maximum absolute atomic E-state index is 11.2. The summed E-state index contributed by atoms with van der Waals surface area (Å²) in [6.07, 6.45) is 0.0974. The van der Waals surface area contributed by atoms with Crippen molar-refractivity contribution in [1.82, 2.24) is 0 Å². The summed E-state index contributed by atoms with van der Waals surface area (Å²) in [7, 11) is 1.34. The molecule has 104 valence electrons. The molecule has 0 N–H and O–H groups in total. The molecule has 0 unspecified atom stereocenters. The molecule has 6 heteroatoms. The summed E-state index contributed by atoms with van der Waals surface area (Å²) in [6.45, 7) is 5.03. The van der Waals surface area contributed by atoms with Gasteiger partial charge in [0.1, 0.15) is 6.61 Å². The van der Waals surface area contributed by atoms with Crippen molar-refractivity contribution in [3.63, 3.8) is 0 Å². The molecule has 2 atom stereocenters. The van der Waals surface area contributed by atoms with Crippen LogP contribution in [0.5, 0.6) is 0 Å². The third-order valence-corrected chi connectivity index (χ3v) is 2.52. The molecule has 0 radical (unpaired) electrons. The van der Waals surface area contributed by atoms with E-state index in [4.69, 9.17) is 14.2 Å². The Morgan fingerprint density at radius 3 is 2.44 bits per heavy atom. The molecular weight excluding hydrogens is 240 g/mol. The molecular formula is C12H20O6. The number of hydrogen-bond donors (Lipinski definition) is 0. The van der Waals surface area contributed by atoms with E-state index in [1.165, 1.54) is 14.0 Å². The lowest BCUT2D eigenvalue weighted by atomic mass is 10.1. The number of hydrogen-bond acceptors (Lipinski definition) is 6. The summed E-state index contributed by atoms with van der Waals surface area (Å²) in [6, 6.07) is 0. The van der Waals surface area contributed by atoms with Gasteiger partial charge in [-0.25, -0.2) is 0 Å². The van der Waals surface area contributed by atoms with Crippen LogP contribution in [0.1, 0.15) is 33.6 Å². The van der Waals surface area contributed by atoms with Gasteiger partial charge in [0.2, 0.25) is 0 Å². The molecule has 1 saturated heterocycles. The van der Waals surface area contributed by atoms with Gasteiger partial charge in [-0.15, -0.1) is 0 Å². The van der Waals surface area contributed by atoms with Crippen molar-refractivity contribution in [2.45, 2.75) is 51.6 Å². The summed E-state index contributed by atoms with van der Waals surface area (Å²) < 4.78 is 20.8. The van der Waals surface area contributed by atoms with E-state index in [1.54, 1.807) is 13.8 Å². The Morgan fingerprint density at radius 2 is 1.89 bits per heavy atom. The van der Waals surface area contributed by atoms with Crippen LogP contribution in [0.15, 0.2) is 0 Å². The topological polar surface area (TPSA) is 71.1 Å². The van der Waals surface area contributed by atoms with Gasteiger partial charge in [-0.05, 0) is 13.8 Å². The monoisotopic (exact) mass is 260 g/mol. The molecule has 0 aromatic carbocycles. The van der Waals surface area contributed by atoms with Crippen molar-refractivity contribution in [3.8, 4) is 0 Å². The highest BCUT2D eigenvalue weighted by molar-refractivity contribution is 5.69. The Balaban J connectivity index is 2.54. The smallest absolute Gasteiger partial charge is 0.308 e. The van der Waals surface area contributed by atoms with Crippen LogP contribution in [-0.4, -0.2) is 43.7 Å². The van der Waals surface area contributed by atoms with Crippen LogP contribution >= 0.6 is 0 Å². The normalized spacial score (nSPS) is 26.4. The number of rotatable bonds is 4. The number of ether oxygens (including phenoxy) is 4. The zero-order chi connectivity index (χ0) is 13.8. The zero-order valence-corrected chi connectivity index (χ0v) is 11.2. The number of carbonyl (C=O) groups is 2. The molecule has 0 aromatic heterocycles. The molecule has 1 fully saturated rings. The fraction of sp³-hybridized carbons (Fsp3) is 0.833. The highest BCUT2D eigenvalue weighted by Crippen LogP contribution is 2.28. The van der Waals surface area contributed by atoms with Gasteiger partial charge in [0, 0.05) is 13.3 Å². The first-order valence-electron chi connectivity index (χ1n) is 5.88. The van der Waals surface area contributed by atoms with E-state index in [-0.39, 0.29) is 37.2 Å². The molecule has 0 aliphatic carbocycles. The Hall–Kier alpha value is -1.14. The SMILES string of the molecule is COC(=O)C[C@H]1C[C@@H](COC(C)=O)OC(C)(C)O1. The van der Waals surface area contributed by atoms with Crippen molar-refractivity contribution >= 4 is 11.9 Å². The molecule has 0 amide bonds. The Morgan fingerprint density at radius 1 is 1.28 bits per heavy atom. The number of carbonyl (C=O) groups excluding carboxylic acids is 2. The van der Waals surface area contributed by atoms with Crippen LogP contribution < -0.4 is 0 Å². The number of methoxy groups -OCH3 is 1. The largest absolute Gasteiger partial charge is 0.469 e. The fourth-order valence-corrected chi connectivity index (χ4v) is 1.93.